The van der Waals surface area contributed by atoms with Crippen LogP contribution < -0.4 is 5.32 Å². The molecule has 1 aromatic carbocycles. The van der Waals surface area contributed by atoms with Gasteiger partial charge in [-0.2, -0.15) is 0 Å². The van der Waals surface area contributed by atoms with Gasteiger partial charge in [0.15, 0.2) is 5.82 Å². The molecule has 1 aromatic rings. The normalized spacial score (nSPS) is 10.2. The van der Waals surface area contributed by atoms with Crippen molar-refractivity contribution in [2.24, 2.45) is 0 Å². The van der Waals surface area contributed by atoms with Crippen molar-refractivity contribution in [3.63, 3.8) is 0 Å². The summed E-state index contributed by atoms with van der Waals surface area (Å²) in [5, 5.41) is 10.7. The lowest BCUT2D eigenvalue weighted by molar-refractivity contribution is -0.137. The fourth-order valence-electron chi connectivity index (χ4n) is 1.52. The molecular formula is C12H13Cl2FN2O3. The first kappa shape index (κ1) is 16.5. The van der Waals surface area contributed by atoms with Crippen molar-refractivity contribution in [1.82, 2.24) is 4.90 Å². The molecule has 0 aliphatic rings. The van der Waals surface area contributed by atoms with Crippen LogP contribution in [0.2, 0.25) is 10.0 Å². The largest absolute Gasteiger partial charge is 0.480 e. The Morgan fingerprint density at radius 2 is 1.90 bits per heavy atom. The van der Waals surface area contributed by atoms with Crippen LogP contribution in [0, 0.1) is 5.82 Å². The second-order valence-electron chi connectivity index (χ2n) is 4.00. The van der Waals surface area contributed by atoms with E-state index in [4.69, 9.17) is 28.3 Å². The van der Waals surface area contributed by atoms with Crippen molar-refractivity contribution in [2.45, 2.75) is 13.3 Å². The van der Waals surface area contributed by atoms with Gasteiger partial charge in [0.2, 0.25) is 0 Å². The number of hydrogen-bond donors (Lipinski definition) is 2. The zero-order chi connectivity index (χ0) is 15.3. The van der Waals surface area contributed by atoms with E-state index in [1.54, 1.807) is 0 Å². The van der Waals surface area contributed by atoms with Crippen LogP contribution in [0.1, 0.15) is 13.3 Å². The highest BCUT2D eigenvalue weighted by Crippen LogP contribution is 2.27. The second kappa shape index (κ2) is 7.31. The number of halogens is 3. The lowest BCUT2D eigenvalue weighted by Crippen LogP contribution is -2.39. The average molecular weight is 323 g/mol. The summed E-state index contributed by atoms with van der Waals surface area (Å²) in [5.41, 5.74) is 0.192. The SMILES string of the molecule is CCCN(CC(=O)O)C(=O)Nc1cc(Cl)c(F)c(Cl)c1. The molecule has 20 heavy (non-hydrogen) atoms. The quantitative estimate of drug-likeness (QED) is 0.815. The number of rotatable bonds is 5. The van der Waals surface area contributed by atoms with Crippen molar-refractivity contribution in [3.05, 3.63) is 28.0 Å². The molecule has 5 nitrogen and oxygen atoms in total. The molecule has 8 heteroatoms. The van der Waals surface area contributed by atoms with Gasteiger partial charge >= 0.3 is 12.0 Å². The van der Waals surface area contributed by atoms with Gasteiger partial charge in [-0.1, -0.05) is 30.1 Å². The molecule has 0 heterocycles. The summed E-state index contributed by atoms with van der Waals surface area (Å²) < 4.78 is 13.2. The van der Waals surface area contributed by atoms with E-state index in [-0.39, 0.29) is 22.3 Å². The number of hydrogen-bond acceptors (Lipinski definition) is 2. The molecule has 0 bridgehead atoms. The lowest BCUT2D eigenvalue weighted by Gasteiger charge is -2.20. The van der Waals surface area contributed by atoms with Gasteiger partial charge in [-0.3, -0.25) is 4.79 Å². The van der Waals surface area contributed by atoms with Crippen molar-refractivity contribution in [2.75, 3.05) is 18.4 Å². The first-order valence-electron chi connectivity index (χ1n) is 5.77. The molecule has 0 aliphatic carbocycles. The topological polar surface area (TPSA) is 69.6 Å². The number of amides is 2. The smallest absolute Gasteiger partial charge is 0.323 e. The predicted octanol–water partition coefficient (Wildman–Crippen LogP) is 3.46. The minimum absolute atomic E-state index is 0.192. The summed E-state index contributed by atoms with van der Waals surface area (Å²) in [6.45, 7) is 1.66. The van der Waals surface area contributed by atoms with E-state index in [0.29, 0.717) is 6.42 Å². The maximum absolute atomic E-state index is 13.2. The molecule has 110 valence electrons. The van der Waals surface area contributed by atoms with E-state index < -0.39 is 24.4 Å². The number of urea groups is 1. The molecule has 2 N–H and O–H groups in total. The van der Waals surface area contributed by atoms with Gasteiger partial charge in [0, 0.05) is 12.2 Å². The van der Waals surface area contributed by atoms with Crippen LogP contribution in [0.15, 0.2) is 12.1 Å². The molecule has 0 saturated carbocycles. The molecular weight excluding hydrogens is 310 g/mol. The third-order valence-electron chi connectivity index (χ3n) is 2.34. The van der Waals surface area contributed by atoms with Crippen LogP contribution in [-0.2, 0) is 4.79 Å². The van der Waals surface area contributed by atoms with Crippen LogP contribution in [0.5, 0.6) is 0 Å². The lowest BCUT2D eigenvalue weighted by atomic mass is 10.3. The average Bonchev–Trinajstić information content (AvgIpc) is 2.34. The van der Waals surface area contributed by atoms with Crippen molar-refractivity contribution >= 4 is 40.9 Å². The van der Waals surface area contributed by atoms with Crippen molar-refractivity contribution < 1.29 is 19.1 Å². The second-order valence-corrected chi connectivity index (χ2v) is 4.81. The molecule has 0 atom stereocenters. The molecule has 0 spiro atoms. The maximum atomic E-state index is 13.2. The number of nitrogens with one attached hydrogen (secondary N) is 1. The van der Waals surface area contributed by atoms with Crippen LogP contribution in [-0.4, -0.2) is 35.1 Å². The van der Waals surface area contributed by atoms with E-state index >= 15 is 0 Å². The molecule has 0 aliphatic heterocycles. The Bertz CT molecular complexity index is 502. The number of anilines is 1. The van der Waals surface area contributed by atoms with Gasteiger partial charge in [-0.25, -0.2) is 9.18 Å². The molecule has 1 rings (SSSR count). The number of nitrogens with zero attached hydrogens (tertiary/aromatic N) is 1. The third-order valence-corrected chi connectivity index (χ3v) is 2.89. The van der Waals surface area contributed by atoms with E-state index in [1.807, 2.05) is 6.92 Å². The van der Waals surface area contributed by atoms with Gasteiger partial charge in [0.05, 0.1) is 10.0 Å². The van der Waals surface area contributed by atoms with E-state index in [1.165, 1.54) is 12.1 Å². The Labute approximate surface area is 125 Å². The third kappa shape index (κ3) is 4.54. The van der Waals surface area contributed by atoms with Gasteiger partial charge in [-0.15, -0.1) is 0 Å². The molecule has 0 fully saturated rings. The number of carbonyl (C=O) groups excluding carboxylic acids is 1. The first-order chi connectivity index (χ1) is 9.35. The highest BCUT2D eigenvalue weighted by molar-refractivity contribution is 6.35. The molecule has 0 radical (unpaired) electrons. The standard InChI is InChI=1S/C12H13Cl2FN2O3/c1-2-3-17(6-10(18)19)12(20)16-7-4-8(13)11(15)9(14)5-7/h4-5H,2-3,6H2,1H3,(H,16,20)(H,18,19). The summed E-state index contributed by atoms with van der Waals surface area (Å²) >= 11 is 11.2. The fourth-order valence-corrected chi connectivity index (χ4v) is 2.00. The molecule has 0 saturated heterocycles. The maximum Gasteiger partial charge on any atom is 0.323 e. The Morgan fingerprint density at radius 3 is 2.35 bits per heavy atom. The highest BCUT2D eigenvalue weighted by atomic mass is 35.5. The summed E-state index contributed by atoms with van der Waals surface area (Å²) in [6, 6.07) is 1.78. The van der Waals surface area contributed by atoms with E-state index in [9.17, 15) is 14.0 Å². The predicted molar refractivity (Wildman–Crippen MR) is 74.9 cm³/mol. The zero-order valence-corrected chi connectivity index (χ0v) is 12.1. The van der Waals surface area contributed by atoms with E-state index in [0.717, 1.165) is 4.90 Å². The fraction of sp³-hybridized carbons (Fsp3) is 0.333. The number of carbonyl (C=O) groups is 2. The summed E-state index contributed by atoms with van der Waals surface area (Å²) in [4.78, 5) is 23.7. The van der Waals surface area contributed by atoms with Crippen molar-refractivity contribution in [1.29, 1.82) is 0 Å². The molecule has 0 aromatic heterocycles. The molecule has 2 amide bonds. The number of carboxylic acid groups (broad SMARTS) is 1. The summed E-state index contributed by atoms with van der Waals surface area (Å²) in [6.07, 6.45) is 0.603. The van der Waals surface area contributed by atoms with Crippen LogP contribution in [0.25, 0.3) is 0 Å². The van der Waals surface area contributed by atoms with Crippen molar-refractivity contribution in [3.8, 4) is 0 Å². The minimum atomic E-state index is -1.12. The molecule has 0 unspecified atom stereocenters. The van der Waals surface area contributed by atoms with Gasteiger partial charge in [0.25, 0.3) is 0 Å². The van der Waals surface area contributed by atoms with Gasteiger partial charge in [0.1, 0.15) is 6.54 Å². The van der Waals surface area contributed by atoms with Crippen LogP contribution >= 0.6 is 23.2 Å². The first-order valence-corrected chi connectivity index (χ1v) is 6.53. The monoisotopic (exact) mass is 322 g/mol. The Morgan fingerprint density at radius 1 is 1.35 bits per heavy atom. The number of benzene rings is 1. The van der Waals surface area contributed by atoms with Gasteiger partial charge < -0.3 is 15.3 Å². The minimum Gasteiger partial charge on any atom is -0.480 e. The summed E-state index contributed by atoms with van der Waals surface area (Å²) in [5.74, 6) is -1.90. The Balaban J connectivity index is 2.84. The van der Waals surface area contributed by atoms with Gasteiger partial charge in [-0.05, 0) is 18.6 Å². The number of carboxylic acids is 1. The van der Waals surface area contributed by atoms with Crippen LogP contribution in [0.3, 0.4) is 0 Å². The summed E-state index contributed by atoms with van der Waals surface area (Å²) in [7, 11) is 0. The van der Waals surface area contributed by atoms with Crippen LogP contribution in [0.4, 0.5) is 14.9 Å². The Hall–Kier alpha value is -1.53. The zero-order valence-electron chi connectivity index (χ0n) is 10.6. The number of aliphatic carboxylic acids is 1. The Kier molecular flexibility index (Phi) is 6.04. The highest BCUT2D eigenvalue weighted by Gasteiger charge is 2.17. The van der Waals surface area contributed by atoms with E-state index in [2.05, 4.69) is 5.32 Å².